The third kappa shape index (κ3) is 3.95. The monoisotopic (exact) mass is 317 g/mol. The highest BCUT2D eigenvalue weighted by Gasteiger charge is 2.20. The van der Waals surface area contributed by atoms with E-state index in [1.165, 1.54) is 11.3 Å². The van der Waals surface area contributed by atoms with Crippen molar-refractivity contribution in [3.63, 3.8) is 0 Å². The van der Waals surface area contributed by atoms with Gasteiger partial charge in [-0.1, -0.05) is 32.0 Å². The van der Waals surface area contributed by atoms with Gasteiger partial charge in [0.05, 0.1) is 5.56 Å². The van der Waals surface area contributed by atoms with Crippen molar-refractivity contribution in [2.24, 2.45) is 0 Å². The Morgan fingerprint density at radius 1 is 1.14 bits per heavy atom. The molecule has 0 radical (unpaired) electrons. The van der Waals surface area contributed by atoms with Gasteiger partial charge >= 0.3 is 5.97 Å². The lowest BCUT2D eigenvalue weighted by Crippen LogP contribution is -2.30. The maximum atomic E-state index is 12.2. The molecule has 1 aromatic carbocycles. The minimum absolute atomic E-state index is 0.292. The lowest BCUT2D eigenvalue weighted by molar-refractivity contribution is -0.123. The maximum absolute atomic E-state index is 12.2. The van der Waals surface area contributed by atoms with Crippen LogP contribution in [0.3, 0.4) is 0 Å². The predicted molar refractivity (Wildman–Crippen MR) is 88.4 cm³/mol. The molecule has 2 aromatic rings. The molecule has 0 bridgehead atoms. The second-order valence-corrected chi connectivity index (χ2v) is 6.07. The van der Waals surface area contributed by atoms with Crippen LogP contribution in [0, 0.1) is 0 Å². The van der Waals surface area contributed by atoms with Crippen LogP contribution >= 0.6 is 11.3 Å². The fraction of sp³-hybridized carbons (Fsp3) is 0.294. The van der Waals surface area contributed by atoms with Crippen LogP contribution in [0.4, 0.5) is 5.69 Å². The number of anilines is 1. The molecule has 116 valence electrons. The van der Waals surface area contributed by atoms with Crippen molar-refractivity contribution in [2.45, 2.75) is 32.8 Å². The summed E-state index contributed by atoms with van der Waals surface area (Å²) in [7, 11) is 0. The molecule has 0 saturated heterocycles. The summed E-state index contributed by atoms with van der Waals surface area (Å²) in [5.74, 6) is -0.530. The van der Waals surface area contributed by atoms with Gasteiger partial charge < -0.3 is 10.1 Å². The summed E-state index contributed by atoms with van der Waals surface area (Å²) in [6.07, 6.45) is -0.854. The summed E-state index contributed by atoms with van der Waals surface area (Å²) in [5, 5.41) is 6.32. The summed E-state index contributed by atoms with van der Waals surface area (Å²) in [6.45, 7) is 5.69. The van der Waals surface area contributed by atoms with Crippen LogP contribution in [0.1, 0.15) is 42.6 Å². The lowest BCUT2D eigenvalue weighted by atomic mass is 10.0. The van der Waals surface area contributed by atoms with E-state index in [9.17, 15) is 9.59 Å². The van der Waals surface area contributed by atoms with Gasteiger partial charge in [0.15, 0.2) is 6.10 Å². The minimum Gasteiger partial charge on any atom is -0.449 e. The maximum Gasteiger partial charge on any atom is 0.339 e. The molecule has 1 heterocycles. The van der Waals surface area contributed by atoms with E-state index in [1.54, 1.807) is 23.8 Å². The standard InChI is InChI=1S/C17H19NO3S/c1-11(2)14-6-4-5-7-15(14)18-16(19)12(3)21-17(20)13-8-9-22-10-13/h4-12H,1-3H3,(H,18,19)/t12-/m0/s1. The smallest absolute Gasteiger partial charge is 0.339 e. The topological polar surface area (TPSA) is 55.4 Å². The molecule has 0 unspecified atom stereocenters. The summed E-state index contributed by atoms with van der Waals surface area (Å²) >= 11 is 1.41. The molecular formula is C17H19NO3S. The Balaban J connectivity index is 2.01. The quantitative estimate of drug-likeness (QED) is 0.846. The number of benzene rings is 1. The number of rotatable bonds is 5. The predicted octanol–water partition coefficient (Wildman–Crippen LogP) is 4.06. The van der Waals surface area contributed by atoms with E-state index < -0.39 is 12.1 Å². The summed E-state index contributed by atoms with van der Waals surface area (Å²) in [6, 6.07) is 9.29. The zero-order valence-corrected chi connectivity index (χ0v) is 13.6. The summed E-state index contributed by atoms with van der Waals surface area (Å²) in [4.78, 5) is 24.1. The molecule has 22 heavy (non-hydrogen) atoms. The molecular weight excluding hydrogens is 298 g/mol. The Hall–Kier alpha value is -2.14. The molecule has 0 aliphatic heterocycles. The first kappa shape index (κ1) is 16.2. The van der Waals surface area contributed by atoms with Crippen molar-refractivity contribution in [3.05, 3.63) is 52.2 Å². The second-order valence-electron chi connectivity index (χ2n) is 5.29. The van der Waals surface area contributed by atoms with E-state index in [0.29, 0.717) is 11.5 Å². The fourth-order valence-electron chi connectivity index (χ4n) is 2.01. The molecule has 0 aliphatic carbocycles. The van der Waals surface area contributed by atoms with Gasteiger partial charge in [0.1, 0.15) is 0 Å². The van der Waals surface area contributed by atoms with Crippen molar-refractivity contribution in [1.82, 2.24) is 0 Å². The van der Waals surface area contributed by atoms with Crippen LogP contribution in [-0.2, 0) is 9.53 Å². The molecule has 0 saturated carbocycles. The third-order valence-corrected chi connectivity index (χ3v) is 3.93. The number of hydrogen-bond donors (Lipinski definition) is 1. The van der Waals surface area contributed by atoms with Crippen molar-refractivity contribution in [3.8, 4) is 0 Å². The molecule has 0 aliphatic rings. The number of ether oxygens (including phenoxy) is 1. The van der Waals surface area contributed by atoms with E-state index in [-0.39, 0.29) is 5.91 Å². The van der Waals surface area contributed by atoms with Crippen LogP contribution in [-0.4, -0.2) is 18.0 Å². The van der Waals surface area contributed by atoms with Gasteiger partial charge in [-0.25, -0.2) is 4.79 Å². The zero-order chi connectivity index (χ0) is 16.1. The Bertz CT molecular complexity index is 650. The van der Waals surface area contributed by atoms with E-state index in [1.807, 2.05) is 24.3 Å². The number of carbonyl (C=O) groups is 2. The summed E-state index contributed by atoms with van der Waals surface area (Å²) in [5.41, 5.74) is 2.26. The van der Waals surface area contributed by atoms with Gasteiger partial charge in [-0.15, -0.1) is 0 Å². The first-order chi connectivity index (χ1) is 10.5. The van der Waals surface area contributed by atoms with E-state index in [0.717, 1.165) is 11.3 Å². The first-order valence-corrected chi connectivity index (χ1v) is 8.06. The van der Waals surface area contributed by atoms with Gasteiger partial charge in [0.25, 0.3) is 5.91 Å². The van der Waals surface area contributed by atoms with E-state index >= 15 is 0 Å². The number of para-hydroxylation sites is 1. The molecule has 0 spiro atoms. The number of nitrogens with one attached hydrogen (secondary N) is 1. The third-order valence-electron chi connectivity index (χ3n) is 3.25. The van der Waals surface area contributed by atoms with Crippen molar-refractivity contribution < 1.29 is 14.3 Å². The van der Waals surface area contributed by atoms with Crippen molar-refractivity contribution in [1.29, 1.82) is 0 Å². The number of amides is 1. The lowest BCUT2D eigenvalue weighted by Gasteiger charge is -2.16. The average Bonchev–Trinajstić information content (AvgIpc) is 3.01. The Morgan fingerprint density at radius 3 is 2.50 bits per heavy atom. The van der Waals surface area contributed by atoms with Gasteiger partial charge in [-0.05, 0) is 35.9 Å². The van der Waals surface area contributed by atoms with Crippen molar-refractivity contribution in [2.75, 3.05) is 5.32 Å². The molecule has 0 fully saturated rings. The van der Waals surface area contributed by atoms with Crippen molar-refractivity contribution >= 4 is 28.9 Å². The van der Waals surface area contributed by atoms with Gasteiger partial charge in [0.2, 0.25) is 0 Å². The SMILES string of the molecule is CC(C)c1ccccc1NC(=O)[C@H](C)OC(=O)c1ccsc1. The van der Waals surface area contributed by atoms with E-state index in [4.69, 9.17) is 4.74 Å². The second kappa shape index (κ2) is 7.22. The molecule has 1 atom stereocenters. The molecule has 1 aromatic heterocycles. The normalized spacial score (nSPS) is 12.0. The summed E-state index contributed by atoms with van der Waals surface area (Å²) < 4.78 is 5.18. The van der Waals surface area contributed by atoms with Crippen LogP contribution in [0.15, 0.2) is 41.1 Å². The molecule has 4 nitrogen and oxygen atoms in total. The highest BCUT2D eigenvalue weighted by atomic mass is 32.1. The minimum atomic E-state index is -0.854. The van der Waals surface area contributed by atoms with Gasteiger partial charge in [-0.2, -0.15) is 11.3 Å². The largest absolute Gasteiger partial charge is 0.449 e. The number of hydrogen-bond acceptors (Lipinski definition) is 4. The van der Waals surface area contributed by atoms with E-state index in [2.05, 4.69) is 19.2 Å². The molecule has 5 heteroatoms. The van der Waals surface area contributed by atoms with Crippen LogP contribution in [0.25, 0.3) is 0 Å². The van der Waals surface area contributed by atoms with Gasteiger partial charge in [0, 0.05) is 11.1 Å². The molecule has 1 N–H and O–H groups in total. The zero-order valence-electron chi connectivity index (χ0n) is 12.8. The molecule has 2 rings (SSSR count). The Labute approximate surface area is 134 Å². The highest BCUT2D eigenvalue weighted by Crippen LogP contribution is 2.24. The average molecular weight is 317 g/mol. The van der Waals surface area contributed by atoms with Crippen LogP contribution in [0.2, 0.25) is 0 Å². The first-order valence-electron chi connectivity index (χ1n) is 7.12. The fourth-order valence-corrected chi connectivity index (χ4v) is 2.64. The molecule has 1 amide bonds. The number of esters is 1. The Morgan fingerprint density at radius 2 is 1.86 bits per heavy atom. The Kier molecular flexibility index (Phi) is 5.33. The van der Waals surface area contributed by atoms with Crippen LogP contribution < -0.4 is 5.32 Å². The van der Waals surface area contributed by atoms with Crippen LogP contribution in [0.5, 0.6) is 0 Å². The number of thiophene rings is 1. The highest BCUT2D eigenvalue weighted by molar-refractivity contribution is 7.08. The van der Waals surface area contributed by atoms with Gasteiger partial charge in [-0.3, -0.25) is 4.79 Å². The number of carbonyl (C=O) groups excluding carboxylic acids is 2.